The lowest BCUT2D eigenvalue weighted by Crippen LogP contribution is -2.57. The summed E-state index contributed by atoms with van der Waals surface area (Å²) in [5.74, 6) is 3.64. The summed E-state index contributed by atoms with van der Waals surface area (Å²) in [6.45, 7) is 20.1. The van der Waals surface area contributed by atoms with Crippen molar-refractivity contribution in [2.75, 3.05) is 26.4 Å². The Hall–Kier alpha value is -3.53. The van der Waals surface area contributed by atoms with Crippen molar-refractivity contribution in [3.05, 3.63) is 95.1 Å². The average Bonchev–Trinajstić information content (AvgIpc) is 3.12. The quantitative estimate of drug-likeness (QED) is 0.0607. The van der Waals surface area contributed by atoms with Gasteiger partial charge in [-0.1, -0.05) is 124 Å². The van der Waals surface area contributed by atoms with Crippen LogP contribution in [0.2, 0.25) is 0 Å². The molecule has 0 amide bonds. The molecule has 0 saturated carbocycles. The maximum Gasteiger partial charge on any atom is 0.236 e. The zero-order valence-electron chi connectivity index (χ0n) is 32.6. The fraction of sp³-hybridized carbons (Fsp3) is 0.455. The molecule has 4 rings (SSSR count). The van der Waals surface area contributed by atoms with E-state index in [0.29, 0.717) is 26.4 Å². The zero-order valence-corrected chi connectivity index (χ0v) is 34.9. The molecule has 0 heterocycles. The molecule has 0 N–H and O–H groups in total. The average molecular weight is 727 g/mol. The topological polar surface area (TPSA) is 46.2 Å². The summed E-state index contributed by atoms with van der Waals surface area (Å²) in [6.07, 6.45) is 8.28. The van der Waals surface area contributed by atoms with Crippen molar-refractivity contribution >= 4 is 38.8 Å². The van der Waals surface area contributed by atoms with Crippen molar-refractivity contribution < 1.29 is 23.1 Å². The summed E-state index contributed by atoms with van der Waals surface area (Å²) in [6, 6.07) is 26.4. The van der Waals surface area contributed by atoms with Crippen LogP contribution in [0.4, 0.5) is 0 Å². The Bertz CT molecular complexity index is 1420. The molecule has 4 aromatic carbocycles. The first-order valence-corrected chi connectivity index (χ1v) is 22.6. The van der Waals surface area contributed by atoms with Gasteiger partial charge in [-0.3, -0.25) is 0 Å². The first kappa shape index (κ1) is 40.2. The number of hydrogen-bond acceptors (Lipinski definition) is 5. The molecule has 0 spiro atoms. The van der Waals surface area contributed by atoms with Crippen LogP contribution in [0.1, 0.15) is 101 Å². The van der Waals surface area contributed by atoms with Gasteiger partial charge in [-0.2, -0.15) is 0 Å². The van der Waals surface area contributed by atoms with E-state index in [4.69, 9.17) is 23.1 Å². The summed E-state index contributed by atoms with van der Waals surface area (Å²) in [4.78, 5) is 0. The molecule has 0 aliphatic carbocycles. The van der Waals surface area contributed by atoms with Crippen LogP contribution in [0.5, 0.6) is 23.0 Å². The van der Waals surface area contributed by atoms with Gasteiger partial charge in [0.2, 0.25) is 18.1 Å². The van der Waals surface area contributed by atoms with Gasteiger partial charge in [0, 0.05) is 20.7 Å². The summed E-state index contributed by atoms with van der Waals surface area (Å²) in [5, 5.41) is 4.60. The Balaban J connectivity index is 2.01. The molecule has 276 valence electrons. The Morgan fingerprint density at radius 2 is 0.608 bits per heavy atom. The van der Waals surface area contributed by atoms with Crippen molar-refractivity contribution in [1.82, 2.24) is 0 Å². The normalized spacial score (nSPS) is 11.3. The number of ether oxygens (including phenoxy) is 4. The zero-order chi connectivity index (χ0) is 36.6. The highest BCUT2D eigenvalue weighted by Gasteiger charge is 2.34. The second-order valence-electron chi connectivity index (χ2n) is 13.9. The third-order valence-corrected chi connectivity index (χ3v) is 15.3. The molecule has 0 radical (unpaired) electrons. The van der Waals surface area contributed by atoms with E-state index in [1.807, 2.05) is 0 Å². The van der Waals surface area contributed by atoms with E-state index in [1.165, 1.54) is 22.3 Å². The smallest absolute Gasteiger partial charge is 0.236 e. The minimum atomic E-state index is -2.52. The molecule has 0 saturated heterocycles. The third kappa shape index (κ3) is 11.7. The third-order valence-electron chi connectivity index (χ3n) is 9.09. The van der Waals surface area contributed by atoms with Gasteiger partial charge in [0.05, 0.1) is 26.4 Å². The first-order valence-electron chi connectivity index (χ1n) is 19.4. The van der Waals surface area contributed by atoms with Gasteiger partial charge in [-0.05, 0) is 77.6 Å². The second-order valence-corrected chi connectivity index (χ2v) is 19.0. The minimum absolute atomic E-state index is 0.669. The molecule has 0 aromatic heterocycles. The molecule has 51 heavy (non-hydrogen) atoms. The SMILES string of the molecule is CCCCOc1ccc(C)cc1[SiH](O[SiH](c1cc(C)ccc1OCCCC)c1cc(C)ccc1OCCCC)c1cc(C)ccc1OCCCC. The van der Waals surface area contributed by atoms with Gasteiger partial charge < -0.3 is 23.1 Å². The van der Waals surface area contributed by atoms with E-state index in [9.17, 15) is 0 Å². The highest BCUT2D eigenvalue weighted by Crippen LogP contribution is 2.22. The summed E-state index contributed by atoms with van der Waals surface area (Å²) in [7, 11) is -5.05. The van der Waals surface area contributed by atoms with Crippen LogP contribution >= 0.6 is 0 Å². The number of hydrogen-bond donors (Lipinski definition) is 0. The van der Waals surface area contributed by atoms with Gasteiger partial charge in [0.15, 0.2) is 0 Å². The van der Waals surface area contributed by atoms with Gasteiger partial charge in [0.1, 0.15) is 23.0 Å². The van der Waals surface area contributed by atoms with E-state index >= 15 is 0 Å². The van der Waals surface area contributed by atoms with Gasteiger partial charge in [-0.25, -0.2) is 0 Å². The molecular formula is C44H62O5Si2. The molecule has 0 bridgehead atoms. The van der Waals surface area contributed by atoms with E-state index in [1.54, 1.807) is 0 Å². The summed E-state index contributed by atoms with van der Waals surface area (Å²) >= 11 is 0. The number of aryl methyl sites for hydroxylation is 4. The standard InChI is InChI=1S/C44H62O5Si2/c1-9-13-25-45-37-21-17-33(5)29-41(37)50(42-30-34(6)18-22-38(42)46-26-14-10-2)49-51(43-31-35(7)19-23-39(43)47-27-15-11-3)44-32-36(8)20-24-40(44)48-28-16-12-4/h17-24,29-32,50-51H,9-16,25-28H2,1-8H3. The minimum Gasteiger partial charge on any atom is -0.494 e. The fourth-order valence-electron chi connectivity index (χ4n) is 6.09. The predicted octanol–water partition coefficient (Wildman–Crippen LogP) is 8.03. The highest BCUT2D eigenvalue weighted by molar-refractivity contribution is 6.93. The molecule has 0 aliphatic heterocycles. The monoisotopic (exact) mass is 726 g/mol. The maximum atomic E-state index is 7.96. The van der Waals surface area contributed by atoms with Gasteiger partial charge in [-0.15, -0.1) is 0 Å². The van der Waals surface area contributed by atoms with Crippen LogP contribution in [0, 0.1) is 27.7 Å². The molecule has 7 heteroatoms. The summed E-state index contributed by atoms with van der Waals surface area (Å²) in [5.41, 5.74) is 4.75. The Morgan fingerprint density at radius 1 is 0.373 bits per heavy atom. The number of unbranched alkanes of at least 4 members (excludes halogenated alkanes) is 4. The maximum absolute atomic E-state index is 7.96. The molecule has 5 nitrogen and oxygen atoms in total. The van der Waals surface area contributed by atoms with E-state index < -0.39 is 18.1 Å². The Kier molecular flexibility index (Phi) is 16.7. The van der Waals surface area contributed by atoms with Crippen molar-refractivity contribution in [2.45, 2.75) is 107 Å². The van der Waals surface area contributed by atoms with Crippen LogP contribution in [0.25, 0.3) is 0 Å². The predicted molar refractivity (Wildman–Crippen MR) is 220 cm³/mol. The Labute approximate surface area is 312 Å². The molecule has 0 atom stereocenters. The first-order chi connectivity index (χ1) is 24.8. The largest absolute Gasteiger partial charge is 0.494 e. The lowest BCUT2D eigenvalue weighted by atomic mass is 10.2. The number of benzene rings is 4. The Morgan fingerprint density at radius 3 is 0.824 bits per heavy atom. The lowest BCUT2D eigenvalue weighted by Gasteiger charge is -2.30. The lowest BCUT2D eigenvalue weighted by molar-refractivity contribution is 0.310. The van der Waals surface area contributed by atoms with Crippen LogP contribution in [0.15, 0.2) is 72.8 Å². The van der Waals surface area contributed by atoms with Crippen molar-refractivity contribution in [3.63, 3.8) is 0 Å². The van der Waals surface area contributed by atoms with Crippen molar-refractivity contribution in [1.29, 1.82) is 0 Å². The van der Waals surface area contributed by atoms with Gasteiger partial charge >= 0.3 is 0 Å². The molecular weight excluding hydrogens is 665 g/mol. The highest BCUT2D eigenvalue weighted by atomic mass is 28.4. The molecule has 4 aromatic rings. The second kappa shape index (κ2) is 21.1. The van der Waals surface area contributed by atoms with Crippen LogP contribution < -0.4 is 39.7 Å². The van der Waals surface area contributed by atoms with Crippen molar-refractivity contribution in [3.8, 4) is 23.0 Å². The van der Waals surface area contributed by atoms with E-state index in [-0.39, 0.29) is 0 Å². The van der Waals surface area contributed by atoms with Crippen LogP contribution in [-0.2, 0) is 4.12 Å². The summed E-state index contributed by atoms with van der Waals surface area (Å²) < 4.78 is 34.3. The fourth-order valence-corrected chi connectivity index (χ4v) is 13.6. The molecule has 0 fully saturated rings. The molecule has 0 unspecified atom stereocenters. The number of rotatable bonds is 22. The van der Waals surface area contributed by atoms with Crippen LogP contribution in [0.3, 0.4) is 0 Å². The van der Waals surface area contributed by atoms with E-state index in [0.717, 1.165) is 95.1 Å². The van der Waals surface area contributed by atoms with E-state index in [2.05, 4.69) is 128 Å². The van der Waals surface area contributed by atoms with Gasteiger partial charge in [0.25, 0.3) is 0 Å². The van der Waals surface area contributed by atoms with Crippen molar-refractivity contribution in [2.24, 2.45) is 0 Å². The molecule has 0 aliphatic rings. The van der Waals surface area contributed by atoms with Crippen LogP contribution in [-0.4, -0.2) is 44.5 Å².